The number of amides is 1. The lowest BCUT2D eigenvalue weighted by Crippen LogP contribution is -2.30. The SMILES string of the molecule is CCCOc1cccc(C2/C(=C(\O)c3ccc(OCC(C)C)c(C)c3)C(=O)C(=O)N2CCC)c1. The van der Waals surface area contributed by atoms with Crippen LogP contribution in [0.15, 0.2) is 48.0 Å². The molecule has 1 saturated heterocycles. The minimum atomic E-state index is -0.678. The Morgan fingerprint density at radius 3 is 2.47 bits per heavy atom. The summed E-state index contributed by atoms with van der Waals surface area (Å²) in [5.74, 6) is 0.341. The predicted molar refractivity (Wildman–Crippen MR) is 133 cm³/mol. The zero-order valence-corrected chi connectivity index (χ0v) is 20.8. The molecule has 6 nitrogen and oxygen atoms in total. The molecule has 0 aromatic heterocycles. The van der Waals surface area contributed by atoms with Crippen molar-refractivity contribution in [2.24, 2.45) is 5.92 Å². The number of aryl methyl sites for hydroxylation is 1. The van der Waals surface area contributed by atoms with E-state index in [2.05, 4.69) is 13.8 Å². The lowest BCUT2D eigenvalue weighted by molar-refractivity contribution is -0.139. The van der Waals surface area contributed by atoms with Gasteiger partial charge in [0.2, 0.25) is 0 Å². The molecule has 1 N–H and O–H groups in total. The standard InChI is InChI=1S/C28H35NO5/c1-6-13-29-25(20-9-8-10-22(16-20)33-14-7-2)24(27(31)28(29)32)26(30)21-11-12-23(19(5)15-21)34-17-18(3)4/h8-12,15-16,18,25,30H,6-7,13-14,17H2,1-5H3/b26-24+. The van der Waals surface area contributed by atoms with E-state index in [0.717, 1.165) is 23.3 Å². The number of ketones is 1. The lowest BCUT2D eigenvalue weighted by atomic mass is 9.94. The van der Waals surface area contributed by atoms with Gasteiger partial charge in [-0.2, -0.15) is 0 Å². The fourth-order valence-corrected chi connectivity index (χ4v) is 4.06. The molecule has 1 atom stereocenters. The van der Waals surface area contributed by atoms with Crippen molar-refractivity contribution in [2.45, 2.75) is 53.5 Å². The Morgan fingerprint density at radius 2 is 1.82 bits per heavy atom. The molecule has 0 spiro atoms. The molecule has 3 rings (SSSR count). The van der Waals surface area contributed by atoms with Gasteiger partial charge in [0.05, 0.1) is 24.8 Å². The van der Waals surface area contributed by atoms with Crippen LogP contribution in [-0.4, -0.2) is 41.5 Å². The molecular formula is C28H35NO5. The second-order valence-electron chi connectivity index (χ2n) is 9.10. The van der Waals surface area contributed by atoms with Crippen LogP contribution in [0.3, 0.4) is 0 Å². The van der Waals surface area contributed by atoms with Crippen molar-refractivity contribution >= 4 is 17.4 Å². The lowest BCUT2D eigenvalue weighted by Gasteiger charge is -2.25. The zero-order chi connectivity index (χ0) is 24.8. The van der Waals surface area contributed by atoms with Crippen LogP contribution in [0.25, 0.3) is 5.76 Å². The molecule has 1 heterocycles. The third-order valence-corrected chi connectivity index (χ3v) is 5.67. The molecule has 1 unspecified atom stereocenters. The summed E-state index contributed by atoms with van der Waals surface area (Å²) in [4.78, 5) is 27.6. The first-order valence-electron chi connectivity index (χ1n) is 12.0. The smallest absolute Gasteiger partial charge is 0.295 e. The minimum Gasteiger partial charge on any atom is -0.507 e. The Balaban J connectivity index is 2.07. The summed E-state index contributed by atoms with van der Waals surface area (Å²) in [6.07, 6.45) is 1.56. The molecule has 0 saturated carbocycles. The third-order valence-electron chi connectivity index (χ3n) is 5.67. The van der Waals surface area contributed by atoms with Crippen molar-refractivity contribution < 1.29 is 24.2 Å². The molecule has 34 heavy (non-hydrogen) atoms. The number of hydrogen-bond acceptors (Lipinski definition) is 5. The molecule has 2 aromatic carbocycles. The summed E-state index contributed by atoms with van der Waals surface area (Å²) < 4.78 is 11.6. The van der Waals surface area contributed by atoms with E-state index in [4.69, 9.17) is 9.47 Å². The van der Waals surface area contributed by atoms with Gasteiger partial charge in [-0.1, -0.05) is 39.8 Å². The number of aliphatic hydroxyl groups excluding tert-OH is 1. The van der Waals surface area contributed by atoms with Crippen molar-refractivity contribution in [3.63, 3.8) is 0 Å². The number of rotatable bonds is 10. The number of benzene rings is 2. The van der Waals surface area contributed by atoms with Gasteiger partial charge in [0, 0.05) is 12.1 Å². The molecule has 2 aromatic rings. The summed E-state index contributed by atoms with van der Waals surface area (Å²) in [5, 5.41) is 11.3. The maximum absolute atomic E-state index is 13.1. The largest absolute Gasteiger partial charge is 0.507 e. The highest BCUT2D eigenvalue weighted by Crippen LogP contribution is 2.40. The second kappa shape index (κ2) is 11.2. The summed E-state index contributed by atoms with van der Waals surface area (Å²) >= 11 is 0. The fraction of sp³-hybridized carbons (Fsp3) is 0.429. The average molecular weight is 466 g/mol. The van der Waals surface area contributed by atoms with Crippen LogP contribution in [0.5, 0.6) is 11.5 Å². The van der Waals surface area contributed by atoms with Crippen LogP contribution in [0.1, 0.15) is 63.3 Å². The van der Waals surface area contributed by atoms with Crippen LogP contribution in [0.4, 0.5) is 0 Å². The zero-order valence-electron chi connectivity index (χ0n) is 20.8. The minimum absolute atomic E-state index is 0.0985. The van der Waals surface area contributed by atoms with Crippen molar-refractivity contribution in [2.75, 3.05) is 19.8 Å². The number of Topliss-reactive ketones (excluding diaryl/α,β-unsaturated/α-hetero) is 1. The Hall–Kier alpha value is -3.28. The molecule has 182 valence electrons. The average Bonchev–Trinajstić information content (AvgIpc) is 3.06. The Morgan fingerprint density at radius 1 is 1.06 bits per heavy atom. The molecule has 0 radical (unpaired) electrons. The van der Waals surface area contributed by atoms with Crippen LogP contribution >= 0.6 is 0 Å². The Labute approximate surface area is 202 Å². The van der Waals surface area contributed by atoms with Gasteiger partial charge in [0.15, 0.2) is 0 Å². The molecule has 0 aliphatic carbocycles. The van der Waals surface area contributed by atoms with E-state index in [1.165, 1.54) is 0 Å². The van der Waals surface area contributed by atoms with Crippen LogP contribution < -0.4 is 9.47 Å². The molecule has 1 amide bonds. The van der Waals surface area contributed by atoms with Gasteiger partial charge in [-0.05, 0) is 67.1 Å². The Bertz CT molecular complexity index is 1070. The van der Waals surface area contributed by atoms with Crippen LogP contribution in [0, 0.1) is 12.8 Å². The molecule has 6 heteroatoms. The van der Waals surface area contributed by atoms with Gasteiger partial charge in [-0.25, -0.2) is 0 Å². The molecule has 1 aliphatic rings. The number of carbonyl (C=O) groups is 2. The number of nitrogens with zero attached hydrogens (tertiary/aromatic N) is 1. The first-order valence-corrected chi connectivity index (χ1v) is 12.0. The van der Waals surface area contributed by atoms with E-state index < -0.39 is 17.7 Å². The molecule has 1 fully saturated rings. The monoisotopic (exact) mass is 465 g/mol. The number of ether oxygens (including phenoxy) is 2. The van der Waals surface area contributed by atoms with Gasteiger partial charge in [-0.3, -0.25) is 9.59 Å². The van der Waals surface area contributed by atoms with E-state index in [9.17, 15) is 14.7 Å². The summed E-state index contributed by atoms with van der Waals surface area (Å²) in [6.45, 7) is 11.6. The summed E-state index contributed by atoms with van der Waals surface area (Å²) in [6, 6.07) is 12.0. The van der Waals surface area contributed by atoms with Gasteiger partial charge in [0.25, 0.3) is 11.7 Å². The van der Waals surface area contributed by atoms with E-state index >= 15 is 0 Å². The maximum atomic E-state index is 13.1. The number of carbonyl (C=O) groups excluding carboxylic acids is 2. The highest BCUT2D eigenvalue weighted by atomic mass is 16.5. The van der Waals surface area contributed by atoms with Gasteiger partial charge < -0.3 is 19.5 Å². The topological polar surface area (TPSA) is 76.1 Å². The number of aliphatic hydroxyl groups is 1. The van der Waals surface area contributed by atoms with Crippen molar-refractivity contribution in [1.82, 2.24) is 4.90 Å². The fourth-order valence-electron chi connectivity index (χ4n) is 4.06. The van der Waals surface area contributed by atoms with Gasteiger partial charge in [-0.15, -0.1) is 0 Å². The quantitative estimate of drug-likeness (QED) is 0.279. The third kappa shape index (κ3) is 5.44. The van der Waals surface area contributed by atoms with Gasteiger partial charge in [0.1, 0.15) is 17.3 Å². The number of hydrogen-bond donors (Lipinski definition) is 1. The van der Waals surface area contributed by atoms with Crippen molar-refractivity contribution in [1.29, 1.82) is 0 Å². The highest BCUT2D eigenvalue weighted by molar-refractivity contribution is 6.46. The Kier molecular flexibility index (Phi) is 8.37. The first kappa shape index (κ1) is 25.3. The maximum Gasteiger partial charge on any atom is 0.295 e. The van der Waals surface area contributed by atoms with E-state index in [0.29, 0.717) is 43.4 Å². The normalized spacial score (nSPS) is 17.5. The predicted octanol–water partition coefficient (Wildman–Crippen LogP) is 5.65. The van der Waals surface area contributed by atoms with Gasteiger partial charge >= 0.3 is 0 Å². The number of likely N-dealkylation sites (tertiary alicyclic amines) is 1. The molecular weight excluding hydrogens is 430 g/mol. The van der Waals surface area contributed by atoms with E-state index in [1.54, 1.807) is 23.1 Å². The summed E-state index contributed by atoms with van der Waals surface area (Å²) in [5.41, 5.74) is 2.16. The highest BCUT2D eigenvalue weighted by Gasteiger charge is 2.45. The van der Waals surface area contributed by atoms with Crippen LogP contribution in [0.2, 0.25) is 0 Å². The van der Waals surface area contributed by atoms with E-state index in [-0.39, 0.29) is 11.3 Å². The molecule has 0 bridgehead atoms. The van der Waals surface area contributed by atoms with Crippen molar-refractivity contribution in [3.8, 4) is 11.5 Å². The van der Waals surface area contributed by atoms with E-state index in [1.807, 2.05) is 45.0 Å². The van der Waals surface area contributed by atoms with Crippen molar-refractivity contribution in [3.05, 3.63) is 64.7 Å². The second-order valence-corrected chi connectivity index (χ2v) is 9.10. The van der Waals surface area contributed by atoms with Crippen LogP contribution in [-0.2, 0) is 9.59 Å². The summed E-state index contributed by atoms with van der Waals surface area (Å²) in [7, 11) is 0. The molecule has 1 aliphatic heterocycles. The first-order chi connectivity index (χ1) is 16.3.